The topological polar surface area (TPSA) is 57.7 Å². The third-order valence-electron chi connectivity index (χ3n) is 3.65. The molecule has 4 rings (SSSR count). The number of esters is 1. The fourth-order valence-electron chi connectivity index (χ4n) is 2.54. The van der Waals surface area contributed by atoms with Gasteiger partial charge in [-0.15, -0.1) is 11.3 Å². The van der Waals surface area contributed by atoms with Crippen molar-refractivity contribution in [2.75, 3.05) is 13.2 Å². The lowest BCUT2D eigenvalue weighted by molar-refractivity contribution is -0.144. The number of para-hydroxylation sites is 1. The molecule has 24 heavy (non-hydrogen) atoms. The summed E-state index contributed by atoms with van der Waals surface area (Å²) < 4.78 is 17.4. The van der Waals surface area contributed by atoms with Gasteiger partial charge in [0.05, 0.1) is 16.6 Å². The minimum Gasteiger partial charge on any atom is -0.486 e. The molecule has 6 heteroatoms. The first kappa shape index (κ1) is 15.0. The maximum absolute atomic E-state index is 12.1. The Morgan fingerprint density at radius 3 is 2.83 bits per heavy atom. The minimum atomic E-state index is -0.286. The van der Waals surface area contributed by atoms with Gasteiger partial charge in [-0.25, -0.2) is 4.98 Å². The number of hydrogen-bond acceptors (Lipinski definition) is 6. The number of aromatic nitrogens is 1. The zero-order valence-electron chi connectivity index (χ0n) is 12.9. The van der Waals surface area contributed by atoms with Crippen molar-refractivity contribution in [2.24, 2.45) is 0 Å². The second-order valence-corrected chi connectivity index (χ2v) is 6.51. The molecule has 2 aromatic carbocycles. The second-order valence-electron chi connectivity index (χ2n) is 5.39. The van der Waals surface area contributed by atoms with Crippen molar-refractivity contribution in [1.29, 1.82) is 0 Å². The van der Waals surface area contributed by atoms with Crippen LogP contribution in [0.3, 0.4) is 0 Å². The van der Waals surface area contributed by atoms with E-state index in [-0.39, 0.29) is 19.0 Å². The lowest BCUT2D eigenvalue weighted by Crippen LogP contribution is -2.15. The van der Waals surface area contributed by atoms with Crippen LogP contribution in [0.15, 0.2) is 42.5 Å². The Morgan fingerprint density at radius 1 is 1.12 bits per heavy atom. The Balaban J connectivity index is 1.38. The molecular weight excluding hydrogens is 326 g/mol. The highest BCUT2D eigenvalue weighted by Crippen LogP contribution is 2.31. The van der Waals surface area contributed by atoms with Crippen molar-refractivity contribution in [3.63, 3.8) is 0 Å². The number of carbonyl (C=O) groups excluding carboxylic acids is 1. The molecule has 0 unspecified atom stereocenters. The van der Waals surface area contributed by atoms with E-state index in [0.717, 1.165) is 20.8 Å². The second kappa shape index (κ2) is 6.49. The zero-order valence-corrected chi connectivity index (χ0v) is 13.7. The number of thiazole rings is 1. The maximum Gasteiger partial charge on any atom is 0.310 e. The van der Waals surface area contributed by atoms with E-state index >= 15 is 0 Å². The highest BCUT2D eigenvalue weighted by Gasteiger charge is 2.14. The first-order valence-corrected chi connectivity index (χ1v) is 8.48. The molecule has 1 aliphatic heterocycles. The summed E-state index contributed by atoms with van der Waals surface area (Å²) in [7, 11) is 0. The lowest BCUT2D eigenvalue weighted by Gasteiger charge is -2.18. The molecule has 0 N–H and O–H groups in total. The summed E-state index contributed by atoms with van der Waals surface area (Å²) >= 11 is 1.54. The van der Waals surface area contributed by atoms with Gasteiger partial charge in [0.1, 0.15) is 24.8 Å². The fourth-order valence-corrected chi connectivity index (χ4v) is 3.42. The summed E-state index contributed by atoms with van der Waals surface area (Å²) in [4.78, 5) is 16.5. The van der Waals surface area contributed by atoms with Gasteiger partial charge in [0.15, 0.2) is 11.5 Å². The van der Waals surface area contributed by atoms with Crippen molar-refractivity contribution < 1.29 is 19.0 Å². The van der Waals surface area contributed by atoms with Crippen LogP contribution in [-0.2, 0) is 22.6 Å². The van der Waals surface area contributed by atoms with E-state index < -0.39 is 0 Å². The molecule has 5 nitrogen and oxygen atoms in total. The average molecular weight is 341 g/mol. The predicted octanol–water partition coefficient (Wildman–Crippen LogP) is 3.35. The van der Waals surface area contributed by atoms with Crippen LogP contribution >= 0.6 is 11.3 Å². The summed E-state index contributed by atoms with van der Waals surface area (Å²) in [5.74, 6) is 1.11. The number of benzene rings is 2. The molecule has 2 heterocycles. The van der Waals surface area contributed by atoms with Gasteiger partial charge in [-0.05, 0) is 29.8 Å². The summed E-state index contributed by atoms with van der Waals surface area (Å²) in [6, 6.07) is 13.4. The standard InChI is InChI=1S/C18H15NO4S/c20-18(10-12-5-6-14-15(9-12)22-8-7-21-14)23-11-17-19-13-3-1-2-4-16(13)24-17/h1-6,9H,7-8,10-11H2. The molecule has 1 aromatic heterocycles. The van der Waals surface area contributed by atoms with Crippen molar-refractivity contribution in [3.8, 4) is 11.5 Å². The van der Waals surface area contributed by atoms with Crippen LogP contribution in [0.2, 0.25) is 0 Å². The van der Waals surface area contributed by atoms with Gasteiger partial charge in [0.2, 0.25) is 0 Å². The van der Waals surface area contributed by atoms with E-state index in [9.17, 15) is 4.79 Å². The largest absolute Gasteiger partial charge is 0.486 e. The minimum absolute atomic E-state index is 0.196. The van der Waals surface area contributed by atoms with E-state index in [1.165, 1.54) is 11.3 Å². The summed E-state index contributed by atoms with van der Waals surface area (Å²) in [6.45, 7) is 1.28. The highest BCUT2D eigenvalue weighted by atomic mass is 32.1. The Hall–Kier alpha value is -2.60. The van der Waals surface area contributed by atoms with E-state index in [1.807, 2.05) is 42.5 Å². The average Bonchev–Trinajstić information content (AvgIpc) is 3.03. The van der Waals surface area contributed by atoms with Gasteiger partial charge in [0.25, 0.3) is 0 Å². The molecule has 0 aliphatic carbocycles. The van der Waals surface area contributed by atoms with Gasteiger partial charge in [-0.2, -0.15) is 0 Å². The molecule has 0 bridgehead atoms. The van der Waals surface area contributed by atoms with Crippen molar-refractivity contribution in [1.82, 2.24) is 4.98 Å². The Bertz CT molecular complexity index is 857. The normalized spacial score (nSPS) is 13.0. The smallest absolute Gasteiger partial charge is 0.310 e. The zero-order chi connectivity index (χ0) is 16.4. The third kappa shape index (κ3) is 3.19. The molecular formula is C18H15NO4S. The third-order valence-corrected chi connectivity index (χ3v) is 4.66. The van der Waals surface area contributed by atoms with Crippen molar-refractivity contribution in [3.05, 3.63) is 53.0 Å². The summed E-state index contributed by atoms with van der Waals surface area (Å²) in [6.07, 6.45) is 0.196. The molecule has 0 saturated heterocycles. The molecule has 0 radical (unpaired) electrons. The highest BCUT2D eigenvalue weighted by molar-refractivity contribution is 7.18. The van der Waals surface area contributed by atoms with Crippen LogP contribution in [-0.4, -0.2) is 24.2 Å². The number of rotatable bonds is 4. The maximum atomic E-state index is 12.1. The number of ether oxygens (including phenoxy) is 3. The summed E-state index contributed by atoms with van der Waals surface area (Å²) in [5.41, 5.74) is 1.77. The van der Waals surface area contributed by atoms with Gasteiger partial charge in [-0.1, -0.05) is 18.2 Å². The Morgan fingerprint density at radius 2 is 1.96 bits per heavy atom. The van der Waals surface area contributed by atoms with Crippen LogP contribution < -0.4 is 9.47 Å². The molecule has 0 atom stereocenters. The number of fused-ring (bicyclic) bond motifs is 2. The molecule has 0 saturated carbocycles. The van der Waals surface area contributed by atoms with E-state index in [1.54, 1.807) is 0 Å². The summed E-state index contributed by atoms with van der Waals surface area (Å²) in [5, 5.41) is 0.798. The SMILES string of the molecule is O=C(Cc1ccc2c(c1)OCCO2)OCc1nc2ccccc2s1. The number of carbonyl (C=O) groups is 1. The van der Waals surface area contributed by atoms with Gasteiger partial charge in [0, 0.05) is 0 Å². The molecule has 1 aliphatic rings. The first-order chi connectivity index (χ1) is 11.8. The predicted molar refractivity (Wildman–Crippen MR) is 90.6 cm³/mol. The quantitative estimate of drug-likeness (QED) is 0.681. The Labute approximate surface area is 142 Å². The van der Waals surface area contributed by atoms with Gasteiger partial charge < -0.3 is 14.2 Å². The van der Waals surface area contributed by atoms with Gasteiger partial charge in [-0.3, -0.25) is 4.79 Å². The van der Waals surface area contributed by atoms with Crippen molar-refractivity contribution >= 4 is 27.5 Å². The lowest BCUT2D eigenvalue weighted by atomic mass is 10.1. The van der Waals surface area contributed by atoms with Crippen LogP contribution in [0.1, 0.15) is 10.6 Å². The molecule has 0 spiro atoms. The van der Waals surface area contributed by atoms with Crippen LogP contribution in [0.5, 0.6) is 11.5 Å². The molecule has 3 aromatic rings. The van der Waals surface area contributed by atoms with E-state index in [0.29, 0.717) is 24.7 Å². The van der Waals surface area contributed by atoms with Crippen molar-refractivity contribution in [2.45, 2.75) is 13.0 Å². The molecule has 0 fully saturated rings. The van der Waals surface area contributed by atoms with Gasteiger partial charge >= 0.3 is 5.97 Å². The molecule has 122 valence electrons. The van der Waals surface area contributed by atoms with Crippen LogP contribution in [0, 0.1) is 0 Å². The molecule has 0 amide bonds. The number of nitrogens with zero attached hydrogens (tertiary/aromatic N) is 1. The van der Waals surface area contributed by atoms with E-state index in [4.69, 9.17) is 14.2 Å². The van der Waals surface area contributed by atoms with Crippen LogP contribution in [0.4, 0.5) is 0 Å². The monoisotopic (exact) mass is 341 g/mol. The van der Waals surface area contributed by atoms with Crippen LogP contribution in [0.25, 0.3) is 10.2 Å². The first-order valence-electron chi connectivity index (χ1n) is 7.66. The fraction of sp³-hybridized carbons (Fsp3) is 0.222. The van der Waals surface area contributed by atoms with E-state index in [2.05, 4.69) is 4.98 Å². The number of hydrogen-bond donors (Lipinski definition) is 0. The Kier molecular flexibility index (Phi) is 4.04.